The summed E-state index contributed by atoms with van der Waals surface area (Å²) in [5.41, 5.74) is 1.02. The number of carbonyl (C=O) groups is 1. The highest BCUT2D eigenvalue weighted by Gasteiger charge is 2.23. The fraction of sp³-hybridized carbons (Fsp3) is 0.417. The van der Waals surface area contributed by atoms with Gasteiger partial charge in [0.2, 0.25) is 5.91 Å². The van der Waals surface area contributed by atoms with Crippen molar-refractivity contribution in [3.05, 3.63) is 24.0 Å². The number of nitrogens with one attached hydrogen (secondary N) is 1. The minimum Gasteiger partial charge on any atom is -0.363 e. The first kappa shape index (κ1) is 11.4. The van der Waals surface area contributed by atoms with E-state index in [0.29, 0.717) is 17.4 Å². The number of pyridine rings is 1. The number of carbonyl (C=O) groups excluding carboxylic acids is 1. The largest absolute Gasteiger partial charge is 0.363 e. The number of nitriles is 1. The van der Waals surface area contributed by atoms with Crippen LogP contribution < -0.4 is 10.2 Å². The minimum atomic E-state index is -0.0113. The summed E-state index contributed by atoms with van der Waals surface area (Å²) in [4.78, 5) is 17.3. The van der Waals surface area contributed by atoms with Gasteiger partial charge in [0.15, 0.2) is 5.69 Å². The Kier molecular flexibility index (Phi) is 3.24. The van der Waals surface area contributed by atoms with Crippen molar-refractivity contribution in [1.29, 1.82) is 5.26 Å². The Morgan fingerprint density at radius 2 is 2.47 bits per heavy atom. The highest BCUT2D eigenvalue weighted by molar-refractivity contribution is 5.82. The average Bonchev–Trinajstić information content (AvgIpc) is 3.12. The zero-order valence-corrected chi connectivity index (χ0v) is 9.68. The molecular formula is C12H14N4O. The van der Waals surface area contributed by atoms with E-state index in [-0.39, 0.29) is 12.5 Å². The molecule has 0 atom stereocenters. The third kappa shape index (κ3) is 2.94. The monoisotopic (exact) mass is 230 g/mol. The number of hydrogen-bond acceptors (Lipinski definition) is 4. The fourth-order valence-corrected chi connectivity index (χ4v) is 1.59. The highest BCUT2D eigenvalue weighted by Crippen LogP contribution is 2.19. The molecule has 1 aliphatic carbocycles. The first-order valence-electron chi connectivity index (χ1n) is 5.56. The van der Waals surface area contributed by atoms with Crippen LogP contribution in [0.5, 0.6) is 0 Å². The minimum absolute atomic E-state index is 0.0113. The standard InChI is InChI=1S/C12H14N4O/c1-16(8-12(17)15-9-4-5-9)11-3-2-6-14-10(11)7-13/h2-3,6,9H,4-5,8H2,1H3,(H,15,17). The molecule has 1 aromatic heterocycles. The lowest BCUT2D eigenvalue weighted by Crippen LogP contribution is -2.36. The molecule has 2 rings (SSSR count). The number of amides is 1. The normalized spacial score (nSPS) is 13.9. The predicted octanol–water partition coefficient (Wildman–Crippen LogP) is 0.668. The summed E-state index contributed by atoms with van der Waals surface area (Å²) in [6, 6.07) is 5.92. The molecule has 0 unspecified atom stereocenters. The van der Waals surface area contributed by atoms with Crippen LogP contribution >= 0.6 is 0 Å². The molecule has 0 saturated heterocycles. The van der Waals surface area contributed by atoms with E-state index in [0.717, 1.165) is 12.8 Å². The Labute approximate surface area is 100 Å². The Hall–Kier alpha value is -2.09. The third-order valence-electron chi connectivity index (χ3n) is 2.63. The van der Waals surface area contributed by atoms with Gasteiger partial charge in [-0.1, -0.05) is 0 Å². The van der Waals surface area contributed by atoms with Gasteiger partial charge >= 0.3 is 0 Å². The molecule has 0 bridgehead atoms. The van der Waals surface area contributed by atoms with Crippen molar-refractivity contribution in [2.24, 2.45) is 0 Å². The summed E-state index contributed by atoms with van der Waals surface area (Å²) in [7, 11) is 1.78. The highest BCUT2D eigenvalue weighted by atomic mass is 16.2. The van der Waals surface area contributed by atoms with Gasteiger partial charge in [0, 0.05) is 19.3 Å². The Bertz CT molecular complexity index is 462. The van der Waals surface area contributed by atoms with E-state index < -0.39 is 0 Å². The van der Waals surface area contributed by atoms with Crippen molar-refractivity contribution in [3.63, 3.8) is 0 Å². The topological polar surface area (TPSA) is 69.0 Å². The van der Waals surface area contributed by atoms with E-state index in [9.17, 15) is 4.79 Å². The van der Waals surface area contributed by atoms with Crippen LogP contribution in [0.15, 0.2) is 18.3 Å². The van der Waals surface area contributed by atoms with Crippen LogP contribution in [0.25, 0.3) is 0 Å². The number of rotatable bonds is 4. The van der Waals surface area contributed by atoms with Crippen LogP contribution in [0.3, 0.4) is 0 Å². The smallest absolute Gasteiger partial charge is 0.239 e. The van der Waals surface area contributed by atoms with E-state index in [1.165, 1.54) is 0 Å². The number of hydrogen-bond donors (Lipinski definition) is 1. The molecular weight excluding hydrogens is 216 g/mol. The van der Waals surface area contributed by atoms with Crippen molar-refractivity contribution < 1.29 is 4.79 Å². The van der Waals surface area contributed by atoms with Gasteiger partial charge in [0.1, 0.15) is 6.07 Å². The van der Waals surface area contributed by atoms with Gasteiger partial charge < -0.3 is 10.2 Å². The molecule has 0 aromatic carbocycles. The summed E-state index contributed by atoms with van der Waals surface area (Å²) in [5, 5.41) is 11.8. The number of anilines is 1. The van der Waals surface area contributed by atoms with Crippen LogP contribution in [-0.2, 0) is 4.79 Å². The van der Waals surface area contributed by atoms with Gasteiger partial charge in [-0.15, -0.1) is 0 Å². The van der Waals surface area contributed by atoms with Gasteiger partial charge in [-0.3, -0.25) is 4.79 Å². The van der Waals surface area contributed by atoms with Crippen LogP contribution in [0.4, 0.5) is 5.69 Å². The molecule has 1 amide bonds. The van der Waals surface area contributed by atoms with Gasteiger partial charge in [-0.05, 0) is 25.0 Å². The molecule has 88 valence electrons. The molecule has 1 heterocycles. The molecule has 1 aliphatic rings. The maximum atomic E-state index is 11.6. The summed E-state index contributed by atoms with van der Waals surface area (Å²) in [6.07, 6.45) is 3.72. The van der Waals surface area contributed by atoms with Gasteiger partial charge in [-0.25, -0.2) is 4.98 Å². The van der Waals surface area contributed by atoms with Crippen molar-refractivity contribution in [1.82, 2.24) is 10.3 Å². The Morgan fingerprint density at radius 3 is 3.12 bits per heavy atom. The predicted molar refractivity (Wildman–Crippen MR) is 63.4 cm³/mol. The van der Waals surface area contributed by atoms with E-state index in [2.05, 4.69) is 10.3 Å². The number of likely N-dealkylation sites (N-methyl/N-ethyl adjacent to an activating group) is 1. The lowest BCUT2D eigenvalue weighted by atomic mass is 10.3. The second-order valence-electron chi connectivity index (χ2n) is 4.18. The van der Waals surface area contributed by atoms with Gasteiger partial charge in [-0.2, -0.15) is 5.26 Å². The van der Waals surface area contributed by atoms with E-state index in [1.807, 2.05) is 6.07 Å². The number of nitrogens with zero attached hydrogens (tertiary/aromatic N) is 3. The van der Waals surface area contributed by atoms with Crippen LogP contribution in [0.1, 0.15) is 18.5 Å². The van der Waals surface area contributed by atoms with Gasteiger partial charge in [0.25, 0.3) is 0 Å². The zero-order chi connectivity index (χ0) is 12.3. The molecule has 5 heteroatoms. The quantitative estimate of drug-likeness (QED) is 0.825. The molecule has 1 saturated carbocycles. The lowest BCUT2D eigenvalue weighted by Gasteiger charge is -2.19. The summed E-state index contributed by atoms with van der Waals surface area (Å²) in [6.45, 7) is 0.247. The Morgan fingerprint density at radius 1 is 1.71 bits per heavy atom. The molecule has 1 aromatic rings. The van der Waals surface area contributed by atoms with E-state index in [1.54, 1.807) is 30.3 Å². The van der Waals surface area contributed by atoms with E-state index in [4.69, 9.17) is 5.26 Å². The molecule has 17 heavy (non-hydrogen) atoms. The second kappa shape index (κ2) is 4.83. The molecule has 1 N–H and O–H groups in total. The van der Waals surface area contributed by atoms with Crippen LogP contribution in [0.2, 0.25) is 0 Å². The first-order valence-corrected chi connectivity index (χ1v) is 5.56. The molecule has 0 aliphatic heterocycles. The van der Waals surface area contributed by atoms with Crippen LogP contribution in [-0.4, -0.2) is 30.5 Å². The molecule has 0 spiro atoms. The maximum absolute atomic E-state index is 11.6. The van der Waals surface area contributed by atoms with Gasteiger partial charge in [0.05, 0.1) is 12.2 Å². The molecule has 0 radical (unpaired) electrons. The molecule has 1 fully saturated rings. The van der Waals surface area contributed by atoms with Crippen molar-refractivity contribution >= 4 is 11.6 Å². The van der Waals surface area contributed by atoms with Crippen molar-refractivity contribution in [2.45, 2.75) is 18.9 Å². The zero-order valence-electron chi connectivity index (χ0n) is 9.68. The van der Waals surface area contributed by atoms with Crippen molar-refractivity contribution in [2.75, 3.05) is 18.5 Å². The summed E-state index contributed by atoms with van der Waals surface area (Å²) >= 11 is 0. The lowest BCUT2D eigenvalue weighted by molar-refractivity contribution is -0.119. The maximum Gasteiger partial charge on any atom is 0.239 e. The van der Waals surface area contributed by atoms with Crippen LogP contribution in [0, 0.1) is 11.3 Å². The first-order chi connectivity index (χ1) is 8.20. The summed E-state index contributed by atoms with van der Waals surface area (Å²) in [5.74, 6) is -0.0113. The summed E-state index contributed by atoms with van der Waals surface area (Å²) < 4.78 is 0. The molecule has 5 nitrogen and oxygen atoms in total. The second-order valence-corrected chi connectivity index (χ2v) is 4.18. The number of aromatic nitrogens is 1. The Balaban J connectivity index is 2.00. The van der Waals surface area contributed by atoms with E-state index >= 15 is 0 Å². The third-order valence-corrected chi connectivity index (χ3v) is 2.63. The average molecular weight is 230 g/mol. The SMILES string of the molecule is CN(CC(=O)NC1CC1)c1cccnc1C#N. The fourth-order valence-electron chi connectivity index (χ4n) is 1.59. The van der Waals surface area contributed by atoms with Crippen molar-refractivity contribution in [3.8, 4) is 6.07 Å².